The summed E-state index contributed by atoms with van der Waals surface area (Å²) in [5.74, 6) is -0.175. The van der Waals surface area contributed by atoms with E-state index in [0.717, 1.165) is 9.87 Å². The highest BCUT2D eigenvalue weighted by atomic mass is 35.5. The average molecular weight is 600 g/mol. The van der Waals surface area contributed by atoms with Crippen LogP contribution >= 0.6 is 11.6 Å². The number of hydrogen-bond donors (Lipinski definition) is 1. The van der Waals surface area contributed by atoms with Gasteiger partial charge in [0.1, 0.15) is 18.3 Å². The van der Waals surface area contributed by atoms with Crippen LogP contribution in [0.3, 0.4) is 0 Å². The lowest BCUT2D eigenvalue weighted by molar-refractivity contribution is -0.141. The fraction of sp³-hybridized carbons (Fsp3) is 0.355. The number of nitrogens with zero attached hydrogens (tertiary/aromatic N) is 2. The van der Waals surface area contributed by atoms with E-state index in [1.54, 1.807) is 50.4 Å². The Kier molecular flexibility index (Phi) is 10.4. The summed E-state index contributed by atoms with van der Waals surface area (Å²) >= 11 is 6.02. The van der Waals surface area contributed by atoms with Crippen molar-refractivity contribution in [2.24, 2.45) is 0 Å². The summed E-state index contributed by atoms with van der Waals surface area (Å²) in [7, 11) is -2.61. The van der Waals surface area contributed by atoms with E-state index in [1.165, 1.54) is 29.2 Å². The third-order valence-corrected chi connectivity index (χ3v) is 8.49. The predicted octanol–water partition coefficient (Wildman–Crippen LogP) is 5.57. The van der Waals surface area contributed by atoms with Crippen molar-refractivity contribution in [3.05, 3.63) is 88.9 Å². The highest BCUT2D eigenvalue weighted by Crippen LogP contribution is 2.28. The van der Waals surface area contributed by atoms with Gasteiger partial charge in [-0.3, -0.25) is 13.9 Å². The zero-order valence-electron chi connectivity index (χ0n) is 24.3. The molecule has 0 aromatic heterocycles. The highest BCUT2D eigenvalue weighted by Gasteiger charge is 2.35. The van der Waals surface area contributed by atoms with Gasteiger partial charge in [0.25, 0.3) is 10.0 Å². The number of para-hydroxylation sites is 1. The molecule has 1 atom stereocenters. The molecule has 0 aliphatic rings. The normalized spacial score (nSPS) is 12.4. The number of nitrogens with one attached hydrogen (secondary N) is 1. The molecule has 0 saturated carbocycles. The Morgan fingerprint density at radius 1 is 0.976 bits per heavy atom. The quantitative estimate of drug-likeness (QED) is 0.311. The first-order valence-electron chi connectivity index (χ1n) is 13.3. The number of rotatable bonds is 11. The van der Waals surface area contributed by atoms with Crippen molar-refractivity contribution >= 4 is 39.1 Å². The van der Waals surface area contributed by atoms with E-state index in [2.05, 4.69) is 5.32 Å². The number of carbonyl (C=O) groups is 2. The smallest absolute Gasteiger partial charge is 0.264 e. The molecule has 1 N–H and O–H groups in total. The van der Waals surface area contributed by atoms with Gasteiger partial charge in [0.05, 0.1) is 17.7 Å². The number of halogens is 1. The van der Waals surface area contributed by atoms with Crippen LogP contribution in [0.4, 0.5) is 5.69 Å². The molecule has 0 bridgehead atoms. The monoisotopic (exact) mass is 599 g/mol. The lowest BCUT2D eigenvalue weighted by atomic mass is 10.1. The summed E-state index contributed by atoms with van der Waals surface area (Å²) in [4.78, 5) is 29.0. The molecular formula is C31H38ClN3O5S. The summed E-state index contributed by atoms with van der Waals surface area (Å²) in [5, 5.41) is 3.36. The van der Waals surface area contributed by atoms with Gasteiger partial charge in [-0.15, -0.1) is 0 Å². The number of ether oxygens (including phenoxy) is 1. The minimum absolute atomic E-state index is 0.00262. The Morgan fingerprint density at radius 3 is 2.12 bits per heavy atom. The van der Waals surface area contributed by atoms with Gasteiger partial charge in [-0.2, -0.15) is 0 Å². The van der Waals surface area contributed by atoms with Crippen molar-refractivity contribution in [2.45, 2.75) is 64.1 Å². The fourth-order valence-corrected chi connectivity index (χ4v) is 6.00. The predicted molar refractivity (Wildman–Crippen MR) is 163 cm³/mol. The van der Waals surface area contributed by atoms with Crippen molar-refractivity contribution in [3.8, 4) is 5.75 Å². The molecule has 41 heavy (non-hydrogen) atoms. The number of methoxy groups -OCH3 is 1. The number of aryl methyl sites for hydroxylation is 1. The lowest BCUT2D eigenvalue weighted by Crippen LogP contribution is -2.55. The molecule has 2 amide bonds. The molecule has 10 heteroatoms. The van der Waals surface area contributed by atoms with E-state index in [9.17, 15) is 18.0 Å². The van der Waals surface area contributed by atoms with E-state index in [-0.39, 0.29) is 17.3 Å². The zero-order valence-corrected chi connectivity index (χ0v) is 25.9. The van der Waals surface area contributed by atoms with E-state index < -0.39 is 34.1 Å². The molecule has 0 aliphatic heterocycles. The van der Waals surface area contributed by atoms with Crippen LogP contribution < -0.4 is 14.4 Å². The van der Waals surface area contributed by atoms with Crippen molar-refractivity contribution in [1.82, 2.24) is 10.2 Å². The van der Waals surface area contributed by atoms with Gasteiger partial charge in [-0.25, -0.2) is 8.42 Å². The van der Waals surface area contributed by atoms with Gasteiger partial charge in [-0.1, -0.05) is 48.9 Å². The van der Waals surface area contributed by atoms with Crippen molar-refractivity contribution < 1.29 is 22.7 Å². The van der Waals surface area contributed by atoms with Crippen LogP contribution in [-0.2, 0) is 26.2 Å². The minimum atomic E-state index is -4.18. The second kappa shape index (κ2) is 13.4. The number of hydrogen-bond acceptors (Lipinski definition) is 5. The van der Waals surface area contributed by atoms with Crippen LogP contribution in [0.2, 0.25) is 5.02 Å². The Bertz CT molecular complexity index is 1450. The van der Waals surface area contributed by atoms with Crippen LogP contribution in [-0.4, -0.2) is 50.4 Å². The van der Waals surface area contributed by atoms with Gasteiger partial charge in [-0.05, 0) is 87.7 Å². The summed E-state index contributed by atoms with van der Waals surface area (Å²) in [5.41, 5.74) is 1.29. The Morgan fingerprint density at radius 2 is 1.59 bits per heavy atom. The third-order valence-electron chi connectivity index (χ3n) is 6.46. The Balaban J connectivity index is 2.08. The number of benzene rings is 3. The molecule has 0 spiro atoms. The standard InChI is InChI=1S/C31H38ClN3O5S/c1-7-27(30(37)33-31(3,4)5)34(20-23-12-16-25(40-6)17-13-23)29(36)21-35(28-11-9-8-10-22(28)2)41(38,39)26-18-14-24(32)15-19-26/h8-19,27H,7,20-21H2,1-6H3,(H,33,37)/t27-/m1/s1. The molecule has 220 valence electrons. The average Bonchev–Trinajstić information content (AvgIpc) is 2.91. The van der Waals surface area contributed by atoms with Crippen LogP contribution in [0.5, 0.6) is 5.75 Å². The highest BCUT2D eigenvalue weighted by molar-refractivity contribution is 7.92. The summed E-state index contributed by atoms with van der Waals surface area (Å²) < 4.78 is 34.3. The SMILES string of the molecule is CC[C@H](C(=O)NC(C)(C)C)N(Cc1ccc(OC)cc1)C(=O)CN(c1ccccc1C)S(=O)(=O)c1ccc(Cl)cc1. The van der Waals surface area contributed by atoms with E-state index in [4.69, 9.17) is 16.3 Å². The van der Waals surface area contributed by atoms with E-state index >= 15 is 0 Å². The lowest BCUT2D eigenvalue weighted by Gasteiger charge is -2.35. The van der Waals surface area contributed by atoms with E-state index in [0.29, 0.717) is 28.4 Å². The second-order valence-corrected chi connectivity index (χ2v) is 13.1. The number of sulfonamides is 1. The van der Waals surface area contributed by atoms with Gasteiger partial charge in [0.15, 0.2) is 0 Å². The van der Waals surface area contributed by atoms with Crippen molar-refractivity contribution in [2.75, 3.05) is 18.0 Å². The van der Waals surface area contributed by atoms with Gasteiger partial charge in [0, 0.05) is 17.1 Å². The van der Waals surface area contributed by atoms with Gasteiger partial charge < -0.3 is 15.0 Å². The maximum atomic E-state index is 14.2. The summed E-state index contributed by atoms with van der Waals surface area (Å²) in [6.07, 6.45) is 0.331. The molecule has 0 heterocycles. The molecule has 8 nitrogen and oxygen atoms in total. The molecule has 0 saturated heterocycles. The number of anilines is 1. The molecule has 0 aliphatic carbocycles. The molecular weight excluding hydrogens is 562 g/mol. The first-order chi connectivity index (χ1) is 19.3. The minimum Gasteiger partial charge on any atom is -0.497 e. The molecule has 3 rings (SSSR count). The first kappa shape index (κ1) is 32.0. The third kappa shape index (κ3) is 8.24. The van der Waals surface area contributed by atoms with Gasteiger partial charge in [0.2, 0.25) is 11.8 Å². The fourth-order valence-electron chi connectivity index (χ4n) is 4.39. The topological polar surface area (TPSA) is 96.0 Å². The van der Waals surface area contributed by atoms with Crippen LogP contribution in [0.25, 0.3) is 0 Å². The molecule has 0 fully saturated rings. The molecule has 0 radical (unpaired) electrons. The second-order valence-electron chi connectivity index (χ2n) is 10.8. The Labute approximate surface area is 248 Å². The maximum absolute atomic E-state index is 14.2. The molecule has 3 aromatic carbocycles. The molecule has 3 aromatic rings. The van der Waals surface area contributed by atoms with Crippen LogP contribution in [0, 0.1) is 6.92 Å². The number of amides is 2. The van der Waals surface area contributed by atoms with Gasteiger partial charge >= 0.3 is 0 Å². The first-order valence-corrected chi connectivity index (χ1v) is 15.2. The Hall–Kier alpha value is -3.56. The van der Waals surface area contributed by atoms with E-state index in [1.807, 2.05) is 39.8 Å². The molecule has 0 unspecified atom stereocenters. The van der Waals surface area contributed by atoms with Crippen molar-refractivity contribution in [1.29, 1.82) is 0 Å². The van der Waals surface area contributed by atoms with Crippen LogP contribution in [0.15, 0.2) is 77.7 Å². The maximum Gasteiger partial charge on any atom is 0.264 e. The largest absolute Gasteiger partial charge is 0.497 e. The van der Waals surface area contributed by atoms with Crippen molar-refractivity contribution in [3.63, 3.8) is 0 Å². The number of carbonyl (C=O) groups excluding carboxylic acids is 2. The summed E-state index contributed by atoms with van der Waals surface area (Å²) in [6, 6.07) is 19.1. The zero-order chi connectivity index (χ0) is 30.4. The summed E-state index contributed by atoms with van der Waals surface area (Å²) in [6.45, 7) is 8.80. The van der Waals surface area contributed by atoms with Crippen LogP contribution in [0.1, 0.15) is 45.2 Å².